The van der Waals surface area contributed by atoms with E-state index in [9.17, 15) is 9.59 Å². The van der Waals surface area contributed by atoms with Gasteiger partial charge in [0.05, 0.1) is 18.8 Å². The number of hydrogen-bond acceptors (Lipinski definition) is 7. The van der Waals surface area contributed by atoms with E-state index in [0.717, 1.165) is 35.6 Å². The summed E-state index contributed by atoms with van der Waals surface area (Å²) in [5.74, 6) is 1.30. The number of benzene rings is 2. The molecule has 4 heterocycles. The van der Waals surface area contributed by atoms with Crippen molar-refractivity contribution in [3.63, 3.8) is 0 Å². The number of ether oxygens (including phenoxy) is 1. The third-order valence-corrected chi connectivity index (χ3v) is 7.78. The molecule has 208 valence electrons. The van der Waals surface area contributed by atoms with Crippen molar-refractivity contribution in [1.29, 1.82) is 0 Å². The van der Waals surface area contributed by atoms with E-state index in [1.807, 2.05) is 54.3 Å². The summed E-state index contributed by atoms with van der Waals surface area (Å²) in [5.41, 5.74) is 11.6. The Kier molecular flexibility index (Phi) is 7.35. The van der Waals surface area contributed by atoms with Crippen molar-refractivity contribution in [3.8, 4) is 11.1 Å². The first-order chi connectivity index (χ1) is 20.0. The summed E-state index contributed by atoms with van der Waals surface area (Å²) in [6.07, 6.45) is 3.27. The molecule has 41 heavy (non-hydrogen) atoms. The molecule has 2 aromatic carbocycles. The number of aryl methyl sites for hydroxylation is 1. The standard InChI is InChI=1S/C32H32N6O3/c1-21-4-5-24(17-28(21)36-31(39)25-10-11-29(35-18-25)37-13-15-41-16-14-37)32(40)38-19-26(20-38)22-6-8-23(9-7-22)27-3-2-12-34-30(27)33/h2-12,17-18,26H,13-16,19-20H2,1H3,(H2,33,34)(H,36,39). The molecule has 0 aliphatic carbocycles. The number of amides is 2. The molecular weight excluding hydrogens is 516 g/mol. The monoisotopic (exact) mass is 548 g/mol. The molecule has 2 saturated heterocycles. The van der Waals surface area contributed by atoms with Crippen molar-refractivity contribution >= 4 is 29.1 Å². The minimum Gasteiger partial charge on any atom is -0.383 e. The first-order valence-corrected chi connectivity index (χ1v) is 13.8. The highest BCUT2D eigenvalue weighted by molar-refractivity contribution is 6.05. The summed E-state index contributed by atoms with van der Waals surface area (Å²) in [4.78, 5) is 38.8. The number of anilines is 3. The van der Waals surface area contributed by atoms with Crippen LogP contribution in [-0.2, 0) is 4.74 Å². The van der Waals surface area contributed by atoms with Crippen LogP contribution in [0.1, 0.15) is 37.8 Å². The molecule has 2 fully saturated rings. The number of nitrogen functional groups attached to an aromatic ring is 1. The highest BCUT2D eigenvalue weighted by atomic mass is 16.5. The Morgan fingerprint density at radius 3 is 2.41 bits per heavy atom. The highest BCUT2D eigenvalue weighted by Crippen LogP contribution is 2.32. The molecule has 3 N–H and O–H groups in total. The fraction of sp³-hybridized carbons (Fsp3) is 0.250. The third-order valence-electron chi connectivity index (χ3n) is 7.78. The molecule has 2 aliphatic rings. The van der Waals surface area contributed by atoms with Gasteiger partial charge in [-0.25, -0.2) is 9.97 Å². The van der Waals surface area contributed by atoms with E-state index >= 15 is 0 Å². The Hall–Kier alpha value is -4.76. The zero-order chi connectivity index (χ0) is 28.3. The summed E-state index contributed by atoms with van der Waals surface area (Å²) in [6, 6.07) is 21.2. The van der Waals surface area contributed by atoms with E-state index in [1.54, 1.807) is 24.5 Å². The molecule has 0 bridgehead atoms. The van der Waals surface area contributed by atoms with Gasteiger partial charge in [-0.3, -0.25) is 9.59 Å². The van der Waals surface area contributed by atoms with Gasteiger partial charge in [-0.15, -0.1) is 0 Å². The van der Waals surface area contributed by atoms with Crippen LogP contribution in [-0.4, -0.2) is 66.1 Å². The molecule has 6 rings (SSSR count). The molecule has 2 aromatic heterocycles. The van der Waals surface area contributed by atoms with E-state index in [2.05, 4.69) is 32.3 Å². The average Bonchev–Trinajstić information content (AvgIpc) is 2.98. The predicted molar refractivity (Wildman–Crippen MR) is 159 cm³/mol. The van der Waals surface area contributed by atoms with Crippen molar-refractivity contribution in [2.24, 2.45) is 0 Å². The normalized spacial score (nSPS) is 15.3. The molecule has 0 unspecified atom stereocenters. The number of carbonyl (C=O) groups excluding carboxylic acids is 2. The number of rotatable bonds is 6. The zero-order valence-electron chi connectivity index (χ0n) is 22.9. The molecule has 9 nitrogen and oxygen atoms in total. The van der Waals surface area contributed by atoms with Crippen molar-refractivity contribution in [3.05, 3.63) is 101 Å². The summed E-state index contributed by atoms with van der Waals surface area (Å²) in [7, 11) is 0. The second-order valence-corrected chi connectivity index (χ2v) is 10.5. The summed E-state index contributed by atoms with van der Waals surface area (Å²) >= 11 is 0. The Balaban J connectivity index is 1.07. The lowest BCUT2D eigenvalue weighted by molar-refractivity contribution is 0.0602. The number of likely N-dealkylation sites (tertiary alicyclic amines) is 1. The highest BCUT2D eigenvalue weighted by Gasteiger charge is 2.32. The average molecular weight is 549 g/mol. The van der Waals surface area contributed by atoms with Gasteiger partial charge in [0.25, 0.3) is 11.8 Å². The van der Waals surface area contributed by atoms with Gasteiger partial charge >= 0.3 is 0 Å². The Labute approximate surface area is 239 Å². The van der Waals surface area contributed by atoms with Crippen LogP contribution in [0.15, 0.2) is 79.1 Å². The van der Waals surface area contributed by atoms with Gasteiger partial charge in [-0.2, -0.15) is 0 Å². The van der Waals surface area contributed by atoms with Crippen LogP contribution in [0.4, 0.5) is 17.3 Å². The maximum atomic E-state index is 13.3. The topological polar surface area (TPSA) is 114 Å². The van der Waals surface area contributed by atoms with Crippen LogP contribution in [0.3, 0.4) is 0 Å². The van der Waals surface area contributed by atoms with Gasteiger partial charge < -0.3 is 25.6 Å². The molecule has 9 heteroatoms. The number of nitrogens with one attached hydrogen (secondary N) is 1. The minimum absolute atomic E-state index is 0.0481. The van der Waals surface area contributed by atoms with Crippen LogP contribution < -0.4 is 16.0 Å². The lowest BCUT2D eigenvalue weighted by Gasteiger charge is -2.39. The molecule has 0 saturated carbocycles. The van der Waals surface area contributed by atoms with E-state index in [0.29, 0.717) is 48.9 Å². The van der Waals surface area contributed by atoms with Crippen molar-refractivity contribution in [2.45, 2.75) is 12.8 Å². The molecule has 4 aromatic rings. The second-order valence-electron chi connectivity index (χ2n) is 10.5. The van der Waals surface area contributed by atoms with Gasteiger partial charge in [0.2, 0.25) is 0 Å². The predicted octanol–water partition coefficient (Wildman–Crippen LogP) is 4.36. The maximum Gasteiger partial charge on any atom is 0.257 e. The molecule has 0 atom stereocenters. The van der Waals surface area contributed by atoms with Crippen LogP contribution >= 0.6 is 0 Å². The van der Waals surface area contributed by atoms with Gasteiger partial charge in [0.15, 0.2) is 0 Å². The second kappa shape index (κ2) is 11.4. The SMILES string of the molecule is Cc1ccc(C(=O)N2CC(c3ccc(-c4cccnc4N)cc3)C2)cc1NC(=O)c1ccc(N2CCOCC2)nc1. The number of hydrogen-bond donors (Lipinski definition) is 2. The van der Waals surface area contributed by atoms with E-state index in [-0.39, 0.29) is 17.7 Å². The number of nitrogens with zero attached hydrogens (tertiary/aromatic N) is 4. The third kappa shape index (κ3) is 5.62. The quantitative estimate of drug-likeness (QED) is 0.368. The van der Waals surface area contributed by atoms with Gasteiger partial charge in [-0.1, -0.05) is 30.3 Å². The van der Waals surface area contributed by atoms with Gasteiger partial charge in [0, 0.05) is 61.3 Å². The maximum absolute atomic E-state index is 13.3. The largest absolute Gasteiger partial charge is 0.383 e. The summed E-state index contributed by atoms with van der Waals surface area (Å²) in [6.45, 7) is 6.10. The van der Waals surface area contributed by atoms with Crippen LogP contribution in [0.2, 0.25) is 0 Å². The van der Waals surface area contributed by atoms with E-state index < -0.39 is 0 Å². The Morgan fingerprint density at radius 2 is 1.71 bits per heavy atom. The molecule has 0 radical (unpaired) electrons. The first kappa shape index (κ1) is 26.5. The Bertz CT molecular complexity index is 1560. The van der Waals surface area contributed by atoms with Crippen molar-refractivity contribution in [2.75, 3.05) is 55.3 Å². The fourth-order valence-electron chi connectivity index (χ4n) is 5.22. The Morgan fingerprint density at radius 1 is 0.951 bits per heavy atom. The van der Waals surface area contributed by atoms with Crippen LogP contribution in [0.25, 0.3) is 11.1 Å². The summed E-state index contributed by atoms with van der Waals surface area (Å²) < 4.78 is 5.39. The minimum atomic E-state index is -0.265. The number of carbonyl (C=O) groups is 2. The van der Waals surface area contributed by atoms with Crippen molar-refractivity contribution in [1.82, 2.24) is 14.9 Å². The zero-order valence-corrected chi connectivity index (χ0v) is 22.9. The molecule has 2 aliphatic heterocycles. The molecular formula is C32H32N6O3. The van der Waals surface area contributed by atoms with Gasteiger partial charge in [0.1, 0.15) is 11.6 Å². The summed E-state index contributed by atoms with van der Waals surface area (Å²) in [5, 5.41) is 2.96. The van der Waals surface area contributed by atoms with Crippen LogP contribution in [0, 0.1) is 6.92 Å². The van der Waals surface area contributed by atoms with E-state index in [1.165, 1.54) is 5.56 Å². The number of nitrogens with two attached hydrogens (primary N) is 1. The lowest BCUT2D eigenvalue weighted by atomic mass is 9.89. The fourth-order valence-corrected chi connectivity index (χ4v) is 5.22. The molecule has 0 spiro atoms. The first-order valence-electron chi connectivity index (χ1n) is 13.8. The lowest BCUT2D eigenvalue weighted by Crippen LogP contribution is -2.48. The number of pyridine rings is 2. The van der Waals surface area contributed by atoms with Gasteiger partial charge in [-0.05, 0) is 60.0 Å². The number of aromatic nitrogens is 2. The smallest absolute Gasteiger partial charge is 0.257 e. The van der Waals surface area contributed by atoms with E-state index in [4.69, 9.17) is 10.5 Å². The number of morpholine rings is 1. The molecule has 2 amide bonds. The van der Waals surface area contributed by atoms with Crippen LogP contribution in [0.5, 0.6) is 0 Å². The van der Waals surface area contributed by atoms with Crippen molar-refractivity contribution < 1.29 is 14.3 Å².